The fourth-order valence-electron chi connectivity index (χ4n) is 3.64. The molecule has 4 rings (SSSR count). The Morgan fingerprint density at radius 1 is 1.13 bits per heavy atom. The van der Waals surface area contributed by atoms with E-state index in [2.05, 4.69) is 11.4 Å². The van der Waals surface area contributed by atoms with Gasteiger partial charge in [-0.15, -0.1) is 11.3 Å². The van der Waals surface area contributed by atoms with Crippen molar-refractivity contribution < 1.29 is 14.2 Å². The SMILES string of the molecule is COc1cc(Cc2nc(NC3CCC3)c3c(C)c(C#N)sc3n2)cc(OC)c1OC. The number of nitrogens with one attached hydrogen (secondary N) is 1. The summed E-state index contributed by atoms with van der Waals surface area (Å²) in [6.45, 7) is 1.96. The van der Waals surface area contributed by atoms with Crippen LogP contribution in [0.1, 0.15) is 41.1 Å². The van der Waals surface area contributed by atoms with Gasteiger partial charge in [0.05, 0.1) is 26.7 Å². The van der Waals surface area contributed by atoms with Gasteiger partial charge in [0.25, 0.3) is 0 Å². The van der Waals surface area contributed by atoms with Gasteiger partial charge in [-0.05, 0) is 49.4 Å². The number of nitriles is 1. The van der Waals surface area contributed by atoms with Crippen LogP contribution in [0.5, 0.6) is 17.2 Å². The van der Waals surface area contributed by atoms with Gasteiger partial charge in [0, 0.05) is 12.5 Å². The number of rotatable bonds is 7. The first-order valence-electron chi connectivity index (χ1n) is 9.83. The molecule has 1 aliphatic rings. The number of thiophene rings is 1. The maximum absolute atomic E-state index is 9.47. The Kier molecular flexibility index (Phi) is 5.64. The fourth-order valence-corrected chi connectivity index (χ4v) is 4.64. The third-order valence-corrected chi connectivity index (χ3v) is 6.56. The van der Waals surface area contributed by atoms with E-state index in [0.717, 1.165) is 40.0 Å². The quantitative estimate of drug-likeness (QED) is 0.599. The topological polar surface area (TPSA) is 89.3 Å². The van der Waals surface area contributed by atoms with Crippen molar-refractivity contribution in [2.24, 2.45) is 0 Å². The lowest BCUT2D eigenvalue weighted by molar-refractivity contribution is 0.324. The highest BCUT2D eigenvalue weighted by atomic mass is 32.1. The van der Waals surface area contributed by atoms with Crippen LogP contribution in [0.2, 0.25) is 0 Å². The van der Waals surface area contributed by atoms with Crippen molar-refractivity contribution in [2.75, 3.05) is 26.6 Å². The number of aromatic nitrogens is 2. The molecule has 156 valence electrons. The molecule has 0 atom stereocenters. The van der Waals surface area contributed by atoms with Gasteiger partial charge >= 0.3 is 0 Å². The molecular formula is C22H24N4O3S. The summed E-state index contributed by atoms with van der Waals surface area (Å²) >= 11 is 1.42. The molecule has 0 radical (unpaired) electrons. The Morgan fingerprint density at radius 2 is 1.83 bits per heavy atom. The molecule has 2 heterocycles. The lowest BCUT2D eigenvalue weighted by Gasteiger charge is -2.27. The van der Waals surface area contributed by atoms with Crippen molar-refractivity contribution in [1.82, 2.24) is 9.97 Å². The molecular weight excluding hydrogens is 400 g/mol. The molecule has 0 amide bonds. The molecule has 0 bridgehead atoms. The van der Waals surface area contributed by atoms with E-state index >= 15 is 0 Å². The molecule has 0 unspecified atom stereocenters. The second-order valence-electron chi connectivity index (χ2n) is 7.32. The Morgan fingerprint density at radius 3 is 2.37 bits per heavy atom. The maximum atomic E-state index is 9.47. The Bertz CT molecular complexity index is 1110. The zero-order valence-electron chi connectivity index (χ0n) is 17.5. The van der Waals surface area contributed by atoms with E-state index in [1.807, 2.05) is 19.1 Å². The lowest BCUT2D eigenvalue weighted by atomic mass is 9.93. The summed E-state index contributed by atoms with van der Waals surface area (Å²) in [7, 11) is 4.78. The number of aryl methyl sites for hydroxylation is 1. The summed E-state index contributed by atoms with van der Waals surface area (Å²) < 4.78 is 16.3. The molecule has 30 heavy (non-hydrogen) atoms. The van der Waals surface area contributed by atoms with Crippen LogP contribution in [0.3, 0.4) is 0 Å². The van der Waals surface area contributed by atoms with Gasteiger partial charge < -0.3 is 19.5 Å². The minimum absolute atomic E-state index is 0.432. The average Bonchev–Trinajstić information content (AvgIpc) is 3.05. The molecule has 1 fully saturated rings. The number of hydrogen-bond donors (Lipinski definition) is 1. The lowest BCUT2D eigenvalue weighted by Crippen LogP contribution is -2.27. The number of methoxy groups -OCH3 is 3. The highest BCUT2D eigenvalue weighted by Crippen LogP contribution is 2.39. The molecule has 1 saturated carbocycles. The van der Waals surface area contributed by atoms with E-state index in [0.29, 0.717) is 40.4 Å². The Labute approximate surface area is 179 Å². The fraction of sp³-hybridized carbons (Fsp3) is 0.409. The van der Waals surface area contributed by atoms with Gasteiger partial charge in [-0.1, -0.05) is 0 Å². The van der Waals surface area contributed by atoms with Crippen molar-refractivity contribution in [2.45, 2.75) is 38.6 Å². The zero-order valence-corrected chi connectivity index (χ0v) is 18.4. The van der Waals surface area contributed by atoms with E-state index < -0.39 is 0 Å². The van der Waals surface area contributed by atoms with E-state index in [4.69, 9.17) is 24.2 Å². The van der Waals surface area contributed by atoms with Crippen LogP contribution in [0.15, 0.2) is 12.1 Å². The number of ether oxygens (including phenoxy) is 3. The molecule has 3 aromatic rings. The third-order valence-electron chi connectivity index (χ3n) is 5.47. The van der Waals surface area contributed by atoms with E-state index in [1.54, 1.807) is 21.3 Å². The summed E-state index contributed by atoms with van der Waals surface area (Å²) in [6.07, 6.45) is 4.02. The molecule has 0 spiro atoms. The monoisotopic (exact) mass is 424 g/mol. The van der Waals surface area contributed by atoms with Crippen LogP contribution in [-0.4, -0.2) is 37.3 Å². The minimum atomic E-state index is 0.432. The molecule has 1 aliphatic carbocycles. The highest BCUT2D eigenvalue weighted by molar-refractivity contribution is 7.19. The Hall–Kier alpha value is -3.05. The van der Waals surface area contributed by atoms with E-state index in [-0.39, 0.29) is 0 Å². The van der Waals surface area contributed by atoms with Crippen LogP contribution < -0.4 is 19.5 Å². The van der Waals surface area contributed by atoms with Gasteiger partial charge in [0.2, 0.25) is 5.75 Å². The summed E-state index contributed by atoms with van der Waals surface area (Å²) in [6, 6.07) is 6.54. The first-order valence-corrected chi connectivity index (χ1v) is 10.6. The number of nitrogens with zero attached hydrogens (tertiary/aromatic N) is 3. The summed E-state index contributed by atoms with van der Waals surface area (Å²) in [5.41, 5.74) is 1.89. The smallest absolute Gasteiger partial charge is 0.203 e. The zero-order chi connectivity index (χ0) is 21.3. The molecule has 7 nitrogen and oxygen atoms in total. The maximum Gasteiger partial charge on any atom is 0.203 e. The van der Waals surface area contributed by atoms with Crippen molar-refractivity contribution in [3.05, 3.63) is 34.0 Å². The van der Waals surface area contributed by atoms with Gasteiger partial charge in [-0.2, -0.15) is 5.26 Å². The molecule has 0 saturated heterocycles. The molecule has 2 aromatic heterocycles. The molecule has 1 N–H and O–H groups in total. The van der Waals surface area contributed by atoms with Crippen molar-refractivity contribution in [1.29, 1.82) is 5.26 Å². The van der Waals surface area contributed by atoms with Crippen LogP contribution in [-0.2, 0) is 6.42 Å². The van der Waals surface area contributed by atoms with Crippen LogP contribution in [0, 0.1) is 18.3 Å². The predicted molar refractivity (Wildman–Crippen MR) is 117 cm³/mol. The van der Waals surface area contributed by atoms with Gasteiger partial charge in [-0.3, -0.25) is 0 Å². The molecule has 0 aliphatic heterocycles. The normalized spacial score (nSPS) is 13.6. The number of hydrogen-bond acceptors (Lipinski definition) is 8. The van der Waals surface area contributed by atoms with Crippen LogP contribution >= 0.6 is 11.3 Å². The number of anilines is 1. The van der Waals surface area contributed by atoms with Crippen molar-refractivity contribution >= 4 is 27.4 Å². The highest BCUT2D eigenvalue weighted by Gasteiger charge is 2.22. The summed E-state index contributed by atoms with van der Waals surface area (Å²) in [4.78, 5) is 11.1. The average molecular weight is 425 g/mol. The van der Waals surface area contributed by atoms with Crippen molar-refractivity contribution in [3.63, 3.8) is 0 Å². The standard InChI is InChI=1S/C22H24N4O3S/c1-12-17(11-23)30-22-19(12)21(24-14-6-5-7-14)25-18(26-22)10-13-8-15(27-2)20(29-4)16(9-13)28-3/h8-9,14H,5-7,10H2,1-4H3,(H,24,25,26). The van der Waals surface area contributed by atoms with Crippen molar-refractivity contribution in [3.8, 4) is 23.3 Å². The van der Waals surface area contributed by atoms with Gasteiger partial charge in [0.1, 0.15) is 27.4 Å². The Balaban J connectivity index is 1.77. The molecule has 1 aromatic carbocycles. The van der Waals surface area contributed by atoms with Gasteiger partial charge in [0.15, 0.2) is 11.5 Å². The number of fused-ring (bicyclic) bond motifs is 1. The van der Waals surface area contributed by atoms with Crippen LogP contribution in [0.25, 0.3) is 10.2 Å². The van der Waals surface area contributed by atoms with E-state index in [9.17, 15) is 5.26 Å². The number of benzene rings is 1. The third kappa shape index (κ3) is 3.61. The van der Waals surface area contributed by atoms with Gasteiger partial charge in [-0.25, -0.2) is 9.97 Å². The predicted octanol–water partition coefficient (Wildman–Crippen LogP) is 4.45. The summed E-state index contributed by atoms with van der Waals surface area (Å²) in [5.74, 6) is 3.26. The second-order valence-corrected chi connectivity index (χ2v) is 8.32. The van der Waals surface area contributed by atoms with Crippen LogP contribution in [0.4, 0.5) is 5.82 Å². The van der Waals surface area contributed by atoms with E-state index in [1.165, 1.54) is 17.8 Å². The second kappa shape index (κ2) is 8.36. The largest absolute Gasteiger partial charge is 0.493 e. The first kappa shape index (κ1) is 20.2. The minimum Gasteiger partial charge on any atom is -0.493 e. The molecule has 8 heteroatoms. The first-order chi connectivity index (χ1) is 14.6. The summed E-state index contributed by atoms with van der Waals surface area (Å²) in [5, 5.41) is 14.0.